The maximum absolute atomic E-state index is 13.8. The lowest BCUT2D eigenvalue weighted by molar-refractivity contribution is 0.103. The number of carbonyl (C=O) groups excluding carboxylic acids is 1. The third-order valence-corrected chi connectivity index (χ3v) is 3.16. The van der Waals surface area contributed by atoms with Crippen molar-refractivity contribution < 1.29 is 13.9 Å². The van der Waals surface area contributed by atoms with Gasteiger partial charge in [-0.2, -0.15) is 0 Å². The average molecular weight is 299 g/mol. The van der Waals surface area contributed by atoms with Crippen molar-refractivity contribution in [3.8, 4) is 5.75 Å². The highest BCUT2D eigenvalue weighted by Crippen LogP contribution is 2.25. The first-order valence-corrected chi connectivity index (χ1v) is 6.12. The molecule has 0 fully saturated rings. The van der Waals surface area contributed by atoms with Crippen molar-refractivity contribution in [3.05, 3.63) is 63.4 Å². The Kier molecular flexibility index (Phi) is 4.08. The van der Waals surface area contributed by atoms with Gasteiger partial charge in [-0.25, -0.2) is 4.39 Å². The summed E-state index contributed by atoms with van der Waals surface area (Å²) in [6.45, 7) is 0. The molecule has 0 aliphatic carbocycles. The van der Waals surface area contributed by atoms with Crippen LogP contribution in [0.5, 0.6) is 5.75 Å². The minimum Gasteiger partial charge on any atom is -0.497 e. The Bertz CT molecular complexity index is 641. The molecule has 98 valence electrons. The summed E-state index contributed by atoms with van der Waals surface area (Å²) in [4.78, 5) is 12.2. The largest absolute Gasteiger partial charge is 0.497 e. The van der Waals surface area contributed by atoms with Crippen molar-refractivity contribution in [3.63, 3.8) is 0 Å². The van der Waals surface area contributed by atoms with Gasteiger partial charge >= 0.3 is 0 Å². The van der Waals surface area contributed by atoms with Crippen LogP contribution in [-0.4, -0.2) is 12.9 Å². The van der Waals surface area contributed by atoms with E-state index >= 15 is 0 Å². The predicted octanol–water partition coefficient (Wildman–Crippen LogP) is 4.37. The average Bonchev–Trinajstić information content (AvgIpc) is 2.40. The summed E-state index contributed by atoms with van der Waals surface area (Å²) in [7, 11) is 1.42. The van der Waals surface area contributed by atoms with Gasteiger partial charge in [0.05, 0.1) is 17.7 Å². The van der Waals surface area contributed by atoms with Crippen LogP contribution in [0.4, 0.5) is 4.39 Å². The maximum atomic E-state index is 13.8. The Balaban J connectivity index is 2.47. The van der Waals surface area contributed by atoms with Gasteiger partial charge in [0.25, 0.3) is 0 Å². The molecule has 5 heteroatoms. The van der Waals surface area contributed by atoms with Gasteiger partial charge in [0.1, 0.15) is 11.6 Å². The van der Waals surface area contributed by atoms with Gasteiger partial charge in [-0.3, -0.25) is 4.79 Å². The number of benzene rings is 2. The monoisotopic (exact) mass is 298 g/mol. The summed E-state index contributed by atoms with van der Waals surface area (Å²) in [6.07, 6.45) is 0. The van der Waals surface area contributed by atoms with Crippen LogP contribution in [0.25, 0.3) is 0 Å². The summed E-state index contributed by atoms with van der Waals surface area (Å²) in [5, 5.41) is 0.589. The van der Waals surface area contributed by atoms with Crippen molar-refractivity contribution >= 4 is 29.0 Å². The minimum atomic E-state index is -0.666. The molecular formula is C14H9Cl2FO2. The van der Waals surface area contributed by atoms with E-state index < -0.39 is 11.6 Å². The Hall–Kier alpha value is -1.58. The van der Waals surface area contributed by atoms with Crippen molar-refractivity contribution in [1.29, 1.82) is 0 Å². The SMILES string of the molecule is COc1ccc(C(=O)c2cc(Cl)ccc2Cl)c(F)c1. The Morgan fingerprint density at radius 1 is 1.11 bits per heavy atom. The van der Waals surface area contributed by atoms with E-state index in [2.05, 4.69) is 0 Å². The zero-order valence-corrected chi connectivity index (χ0v) is 11.4. The molecule has 0 saturated heterocycles. The van der Waals surface area contributed by atoms with E-state index in [4.69, 9.17) is 27.9 Å². The number of hydrogen-bond acceptors (Lipinski definition) is 2. The van der Waals surface area contributed by atoms with Crippen LogP contribution >= 0.6 is 23.2 Å². The van der Waals surface area contributed by atoms with E-state index in [1.165, 1.54) is 31.4 Å². The van der Waals surface area contributed by atoms with Gasteiger partial charge in [-0.1, -0.05) is 23.2 Å². The highest BCUT2D eigenvalue weighted by Gasteiger charge is 2.17. The highest BCUT2D eigenvalue weighted by molar-refractivity contribution is 6.36. The molecule has 2 aromatic carbocycles. The Morgan fingerprint density at radius 2 is 1.84 bits per heavy atom. The smallest absolute Gasteiger partial charge is 0.197 e. The van der Waals surface area contributed by atoms with Crippen molar-refractivity contribution in [2.45, 2.75) is 0 Å². The fourth-order valence-corrected chi connectivity index (χ4v) is 2.00. The molecule has 0 aromatic heterocycles. The van der Waals surface area contributed by atoms with Gasteiger partial charge < -0.3 is 4.74 Å². The van der Waals surface area contributed by atoms with Crippen LogP contribution in [0.2, 0.25) is 10.0 Å². The third-order valence-electron chi connectivity index (χ3n) is 2.59. The molecule has 0 heterocycles. The molecule has 0 radical (unpaired) electrons. The molecule has 0 bridgehead atoms. The number of halogens is 3. The second-order valence-corrected chi connectivity index (χ2v) is 4.64. The highest BCUT2D eigenvalue weighted by atomic mass is 35.5. The lowest BCUT2D eigenvalue weighted by Crippen LogP contribution is -2.05. The number of methoxy groups -OCH3 is 1. The lowest BCUT2D eigenvalue weighted by atomic mass is 10.0. The molecule has 0 amide bonds. The summed E-state index contributed by atoms with van der Waals surface area (Å²) >= 11 is 11.7. The van der Waals surface area contributed by atoms with Crippen LogP contribution < -0.4 is 4.74 Å². The number of hydrogen-bond donors (Lipinski definition) is 0. The van der Waals surface area contributed by atoms with Gasteiger partial charge in [-0.15, -0.1) is 0 Å². The number of carbonyl (C=O) groups is 1. The summed E-state index contributed by atoms with van der Waals surface area (Å²) in [5.41, 5.74) is 0.0863. The first kappa shape index (κ1) is 13.8. The quantitative estimate of drug-likeness (QED) is 0.787. The standard InChI is InChI=1S/C14H9Cl2FO2/c1-19-9-3-4-10(13(17)7-9)14(18)11-6-8(15)2-5-12(11)16/h2-7H,1H3. The molecule has 19 heavy (non-hydrogen) atoms. The predicted molar refractivity (Wildman–Crippen MR) is 72.8 cm³/mol. The van der Waals surface area contributed by atoms with E-state index in [-0.39, 0.29) is 16.1 Å². The van der Waals surface area contributed by atoms with E-state index in [1.54, 1.807) is 6.07 Å². The molecule has 0 atom stereocenters. The van der Waals surface area contributed by atoms with E-state index in [0.29, 0.717) is 10.8 Å². The van der Waals surface area contributed by atoms with Crippen LogP contribution in [-0.2, 0) is 0 Å². The summed E-state index contributed by atoms with van der Waals surface area (Å²) in [6, 6.07) is 8.48. The van der Waals surface area contributed by atoms with Crippen molar-refractivity contribution in [2.75, 3.05) is 7.11 Å². The molecule has 2 rings (SSSR count). The second-order valence-electron chi connectivity index (χ2n) is 3.80. The van der Waals surface area contributed by atoms with Gasteiger partial charge in [-0.05, 0) is 30.3 Å². The maximum Gasteiger partial charge on any atom is 0.197 e. The Labute approximate surface area is 119 Å². The molecule has 0 aliphatic heterocycles. The Morgan fingerprint density at radius 3 is 2.47 bits per heavy atom. The normalized spacial score (nSPS) is 10.3. The molecular weight excluding hydrogens is 290 g/mol. The van der Waals surface area contributed by atoms with Crippen LogP contribution in [0.15, 0.2) is 36.4 Å². The van der Waals surface area contributed by atoms with Crippen LogP contribution in [0.3, 0.4) is 0 Å². The van der Waals surface area contributed by atoms with Gasteiger partial charge in [0.15, 0.2) is 5.78 Å². The van der Waals surface area contributed by atoms with E-state index in [0.717, 1.165) is 6.07 Å². The summed E-state index contributed by atoms with van der Waals surface area (Å²) in [5.74, 6) is -0.848. The second kappa shape index (κ2) is 5.59. The minimum absolute atomic E-state index is 0.0787. The fraction of sp³-hybridized carbons (Fsp3) is 0.0714. The first-order chi connectivity index (χ1) is 9.02. The zero-order chi connectivity index (χ0) is 14.0. The molecule has 0 aliphatic rings. The van der Waals surface area contributed by atoms with E-state index in [1.807, 2.05) is 0 Å². The first-order valence-electron chi connectivity index (χ1n) is 5.36. The van der Waals surface area contributed by atoms with Crippen molar-refractivity contribution in [1.82, 2.24) is 0 Å². The molecule has 0 spiro atoms. The molecule has 2 nitrogen and oxygen atoms in total. The topological polar surface area (TPSA) is 26.3 Å². The van der Waals surface area contributed by atoms with Crippen molar-refractivity contribution in [2.24, 2.45) is 0 Å². The third kappa shape index (κ3) is 2.88. The molecule has 0 unspecified atom stereocenters. The summed E-state index contributed by atoms with van der Waals surface area (Å²) < 4.78 is 18.7. The van der Waals surface area contributed by atoms with E-state index in [9.17, 15) is 9.18 Å². The number of rotatable bonds is 3. The van der Waals surface area contributed by atoms with Gasteiger partial charge in [0.2, 0.25) is 0 Å². The molecule has 2 aromatic rings. The van der Waals surface area contributed by atoms with Crippen LogP contribution in [0.1, 0.15) is 15.9 Å². The fourth-order valence-electron chi connectivity index (χ4n) is 1.62. The molecule has 0 saturated carbocycles. The van der Waals surface area contributed by atoms with Crippen LogP contribution in [0, 0.1) is 5.82 Å². The zero-order valence-electron chi connectivity index (χ0n) is 9.91. The molecule has 0 N–H and O–H groups in total. The number of ketones is 1. The lowest BCUT2D eigenvalue weighted by Gasteiger charge is -2.07. The van der Waals surface area contributed by atoms with Gasteiger partial charge in [0, 0.05) is 16.7 Å². The number of ether oxygens (including phenoxy) is 1.